The lowest BCUT2D eigenvalue weighted by Gasteiger charge is -2.24. The Kier molecular flexibility index (Phi) is 4.78. The molecule has 6 nitrogen and oxygen atoms in total. The molecule has 1 heterocycles. The number of hydrogen-bond donors (Lipinski definition) is 2. The maximum atomic E-state index is 12.1. The van der Waals surface area contributed by atoms with Crippen LogP contribution < -0.4 is 14.9 Å². The molecule has 8 heteroatoms. The van der Waals surface area contributed by atoms with Crippen molar-refractivity contribution in [2.45, 2.75) is 6.10 Å². The number of phenols is 1. The highest BCUT2D eigenvalue weighted by molar-refractivity contribution is 6.36. The molecule has 2 N–H and O–H groups in total. The molecule has 0 aliphatic carbocycles. The molecule has 0 unspecified atom stereocenters. The number of halogens is 2. The molecule has 2 aromatic rings. The summed E-state index contributed by atoms with van der Waals surface area (Å²) in [5, 5.41) is 14.0. The van der Waals surface area contributed by atoms with Gasteiger partial charge in [-0.1, -0.05) is 35.3 Å². The summed E-state index contributed by atoms with van der Waals surface area (Å²) < 4.78 is 11.0. The first-order valence-corrected chi connectivity index (χ1v) is 7.69. The second-order valence-electron chi connectivity index (χ2n) is 4.92. The molecule has 24 heavy (non-hydrogen) atoms. The van der Waals surface area contributed by atoms with Gasteiger partial charge in [0, 0.05) is 10.6 Å². The van der Waals surface area contributed by atoms with Crippen molar-refractivity contribution in [1.29, 1.82) is 0 Å². The van der Waals surface area contributed by atoms with Crippen LogP contribution in [0.15, 0.2) is 41.5 Å². The van der Waals surface area contributed by atoms with E-state index >= 15 is 0 Å². The number of hydrogen-bond acceptors (Lipinski definition) is 5. The number of aromatic hydroxyl groups is 1. The summed E-state index contributed by atoms with van der Waals surface area (Å²) in [6.45, 7) is 0.0760. The van der Waals surface area contributed by atoms with Crippen LogP contribution in [0, 0.1) is 0 Å². The van der Waals surface area contributed by atoms with Crippen molar-refractivity contribution in [3.05, 3.63) is 52.0 Å². The lowest BCUT2D eigenvalue weighted by atomic mass is 10.2. The number of fused-ring (bicyclic) bond motifs is 1. The van der Waals surface area contributed by atoms with E-state index in [4.69, 9.17) is 32.7 Å². The van der Waals surface area contributed by atoms with Gasteiger partial charge < -0.3 is 14.6 Å². The minimum absolute atomic E-state index is 0.0760. The van der Waals surface area contributed by atoms with Crippen molar-refractivity contribution in [3.63, 3.8) is 0 Å². The Morgan fingerprint density at radius 3 is 2.83 bits per heavy atom. The predicted molar refractivity (Wildman–Crippen MR) is 90.2 cm³/mol. The van der Waals surface area contributed by atoms with Crippen LogP contribution in [0.3, 0.4) is 0 Å². The Morgan fingerprint density at radius 2 is 2.04 bits per heavy atom. The summed E-state index contributed by atoms with van der Waals surface area (Å²) in [6.07, 6.45) is 0.413. The molecule has 0 bridgehead atoms. The molecule has 2 aromatic carbocycles. The lowest BCUT2D eigenvalue weighted by Crippen LogP contribution is -2.42. The second-order valence-corrected chi connectivity index (χ2v) is 5.77. The normalized spacial score (nSPS) is 16.2. The zero-order valence-corrected chi connectivity index (χ0v) is 13.7. The predicted octanol–water partition coefficient (Wildman–Crippen LogP) is 2.99. The molecule has 0 saturated heterocycles. The van der Waals surface area contributed by atoms with Crippen LogP contribution in [0.1, 0.15) is 5.56 Å². The second kappa shape index (κ2) is 6.98. The van der Waals surface area contributed by atoms with E-state index in [-0.39, 0.29) is 22.9 Å². The van der Waals surface area contributed by atoms with Gasteiger partial charge in [-0.15, -0.1) is 0 Å². The van der Waals surface area contributed by atoms with Crippen LogP contribution in [0.2, 0.25) is 10.0 Å². The first-order valence-electron chi connectivity index (χ1n) is 6.94. The number of nitrogens with zero attached hydrogens (tertiary/aromatic N) is 1. The zero-order chi connectivity index (χ0) is 17.1. The average molecular weight is 367 g/mol. The maximum absolute atomic E-state index is 12.1. The average Bonchev–Trinajstić information content (AvgIpc) is 2.58. The number of carbonyl (C=O) groups excluding carboxylic acids is 1. The van der Waals surface area contributed by atoms with E-state index in [9.17, 15) is 9.90 Å². The molecule has 124 valence electrons. The molecular formula is C16H12Cl2N2O4. The van der Waals surface area contributed by atoms with Gasteiger partial charge in [0.05, 0.1) is 11.2 Å². The number of para-hydroxylation sites is 2. The third kappa shape index (κ3) is 3.55. The van der Waals surface area contributed by atoms with E-state index in [0.29, 0.717) is 16.5 Å². The summed E-state index contributed by atoms with van der Waals surface area (Å²) in [5.74, 6) is 0.425. The quantitative estimate of drug-likeness (QED) is 0.646. The van der Waals surface area contributed by atoms with Crippen molar-refractivity contribution < 1.29 is 19.4 Å². The number of carbonyl (C=O) groups is 1. The van der Waals surface area contributed by atoms with E-state index in [1.54, 1.807) is 18.2 Å². The summed E-state index contributed by atoms with van der Waals surface area (Å²) >= 11 is 11.7. The van der Waals surface area contributed by atoms with Gasteiger partial charge in [-0.25, -0.2) is 5.43 Å². The van der Waals surface area contributed by atoms with Gasteiger partial charge in [0.1, 0.15) is 12.4 Å². The summed E-state index contributed by atoms with van der Waals surface area (Å²) in [6, 6.07) is 9.94. The Balaban J connectivity index is 1.64. The summed E-state index contributed by atoms with van der Waals surface area (Å²) in [5.41, 5.74) is 2.60. The Hall–Kier alpha value is -2.44. The van der Waals surface area contributed by atoms with Crippen molar-refractivity contribution in [1.82, 2.24) is 5.43 Å². The molecule has 3 rings (SSSR count). The molecule has 0 saturated carbocycles. The fourth-order valence-corrected chi connectivity index (χ4v) is 2.58. The largest absolute Gasteiger partial charge is 0.506 e. The van der Waals surface area contributed by atoms with E-state index in [1.807, 2.05) is 6.07 Å². The minimum atomic E-state index is -0.825. The molecule has 1 aliphatic heterocycles. The fraction of sp³-hybridized carbons (Fsp3) is 0.125. The van der Waals surface area contributed by atoms with Gasteiger partial charge in [0.25, 0.3) is 5.91 Å². The van der Waals surface area contributed by atoms with Gasteiger partial charge in [-0.05, 0) is 24.3 Å². The molecule has 1 aliphatic rings. The van der Waals surface area contributed by atoms with Crippen molar-refractivity contribution >= 4 is 35.3 Å². The highest BCUT2D eigenvalue weighted by atomic mass is 35.5. The number of ether oxygens (including phenoxy) is 2. The number of nitrogens with one attached hydrogen (secondary N) is 1. The van der Waals surface area contributed by atoms with E-state index < -0.39 is 12.0 Å². The van der Waals surface area contributed by atoms with Gasteiger partial charge in [-0.2, -0.15) is 5.10 Å². The van der Waals surface area contributed by atoms with E-state index in [2.05, 4.69) is 10.5 Å². The fourth-order valence-electron chi connectivity index (χ4n) is 2.07. The molecule has 1 amide bonds. The van der Waals surface area contributed by atoms with Crippen LogP contribution in [0.5, 0.6) is 17.2 Å². The van der Waals surface area contributed by atoms with Crippen LogP contribution in [0.25, 0.3) is 0 Å². The highest BCUT2D eigenvalue weighted by Crippen LogP contribution is 2.31. The van der Waals surface area contributed by atoms with Crippen molar-refractivity contribution in [3.8, 4) is 17.2 Å². The Bertz CT molecular complexity index is 811. The number of rotatable bonds is 3. The molecule has 0 spiro atoms. The van der Waals surface area contributed by atoms with Crippen LogP contribution in [-0.2, 0) is 4.79 Å². The smallest absolute Gasteiger partial charge is 0.284 e. The van der Waals surface area contributed by atoms with Crippen LogP contribution in [0.4, 0.5) is 0 Å². The van der Waals surface area contributed by atoms with Crippen molar-refractivity contribution in [2.24, 2.45) is 5.10 Å². The topological polar surface area (TPSA) is 80.2 Å². The van der Waals surface area contributed by atoms with Gasteiger partial charge >= 0.3 is 0 Å². The zero-order valence-electron chi connectivity index (χ0n) is 12.2. The first-order chi connectivity index (χ1) is 11.5. The molecule has 1 atom stereocenters. The van der Waals surface area contributed by atoms with Gasteiger partial charge in [0.15, 0.2) is 11.5 Å². The molecule has 0 radical (unpaired) electrons. The molecular weight excluding hydrogens is 355 g/mol. The SMILES string of the molecule is O=C(N/N=C\c1cc(Cl)cc(Cl)c1O)[C@@H]1COc2ccccc2O1. The number of phenolic OH excluding ortho intramolecular Hbond substituents is 1. The molecule has 0 aromatic heterocycles. The Morgan fingerprint density at radius 1 is 1.29 bits per heavy atom. The first kappa shape index (κ1) is 16.4. The van der Waals surface area contributed by atoms with Crippen LogP contribution in [-0.4, -0.2) is 29.9 Å². The minimum Gasteiger partial charge on any atom is -0.506 e. The lowest BCUT2D eigenvalue weighted by molar-refractivity contribution is -0.130. The summed E-state index contributed by atoms with van der Waals surface area (Å²) in [7, 11) is 0. The van der Waals surface area contributed by atoms with Gasteiger partial charge in [-0.3, -0.25) is 4.79 Å². The van der Waals surface area contributed by atoms with Crippen molar-refractivity contribution in [2.75, 3.05) is 6.61 Å². The summed E-state index contributed by atoms with van der Waals surface area (Å²) in [4.78, 5) is 12.1. The third-order valence-corrected chi connectivity index (χ3v) is 3.74. The molecule has 0 fully saturated rings. The van der Waals surface area contributed by atoms with Gasteiger partial charge in [0.2, 0.25) is 6.10 Å². The monoisotopic (exact) mass is 366 g/mol. The number of amides is 1. The van der Waals surface area contributed by atoms with E-state index in [1.165, 1.54) is 18.3 Å². The van der Waals surface area contributed by atoms with Crippen LogP contribution >= 0.6 is 23.2 Å². The highest BCUT2D eigenvalue weighted by Gasteiger charge is 2.27. The maximum Gasteiger partial charge on any atom is 0.284 e. The number of hydrazone groups is 1. The Labute approximate surface area is 147 Å². The number of benzene rings is 2. The van der Waals surface area contributed by atoms with E-state index in [0.717, 1.165) is 0 Å². The standard InChI is InChI=1S/C16H12Cl2N2O4/c17-10-5-9(15(21)11(18)6-10)7-19-20-16(22)14-8-23-12-3-1-2-4-13(12)24-14/h1-7,14,21H,8H2,(H,20,22)/b19-7-/t14-/m0/s1. The third-order valence-electron chi connectivity index (χ3n) is 3.24.